The fourth-order valence-electron chi connectivity index (χ4n) is 1.18. The van der Waals surface area contributed by atoms with Crippen LogP contribution in [0.2, 0.25) is 0 Å². The smallest absolute Gasteiger partial charge is 0.274 e. The highest BCUT2D eigenvalue weighted by Gasteiger charge is 2.25. The summed E-state index contributed by atoms with van der Waals surface area (Å²) < 4.78 is 12.9. The van der Waals surface area contributed by atoms with Crippen LogP contribution in [0.5, 0.6) is 0 Å². The monoisotopic (exact) mass is 198 g/mol. The second-order valence-corrected chi connectivity index (χ2v) is 3.64. The molecule has 0 aliphatic rings. The molecule has 0 aliphatic carbocycles. The second kappa shape index (κ2) is 3.34. The molecule has 0 atom stereocenters. The van der Waals surface area contributed by atoms with Gasteiger partial charge in [0.05, 0.1) is 10.5 Å². The molecule has 5 heteroatoms. The van der Waals surface area contributed by atoms with Gasteiger partial charge in [-0.2, -0.15) is 0 Å². The van der Waals surface area contributed by atoms with Gasteiger partial charge < -0.3 is 5.73 Å². The molecule has 14 heavy (non-hydrogen) atoms. The number of nitro groups is 1. The predicted octanol–water partition coefficient (Wildman–Crippen LogP) is 1.93. The predicted molar refractivity (Wildman–Crippen MR) is 50.3 cm³/mol. The minimum atomic E-state index is -0.926. The number of benzene rings is 1. The van der Waals surface area contributed by atoms with Crippen molar-refractivity contribution in [1.29, 1.82) is 0 Å². The molecule has 76 valence electrons. The highest BCUT2D eigenvalue weighted by atomic mass is 19.1. The van der Waals surface area contributed by atoms with Gasteiger partial charge >= 0.3 is 0 Å². The SMILES string of the molecule is CC(C)(N)c1cc(F)ccc1[N+](=O)[O-]. The summed E-state index contributed by atoms with van der Waals surface area (Å²) in [4.78, 5) is 10.0. The molecule has 1 aromatic rings. The molecule has 0 spiro atoms. The first-order valence-corrected chi connectivity index (χ1v) is 4.05. The largest absolute Gasteiger partial charge is 0.322 e. The summed E-state index contributed by atoms with van der Waals surface area (Å²) in [7, 11) is 0. The van der Waals surface area contributed by atoms with Gasteiger partial charge in [0, 0.05) is 11.6 Å². The van der Waals surface area contributed by atoms with E-state index in [1.54, 1.807) is 13.8 Å². The Morgan fingerprint density at radius 3 is 2.50 bits per heavy atom. The maximum absolute atomic E-state index is 12.9. The molecule has 2 N–H and O–H groups in total. The van der Waals surface area contributed by atoms with E-state index < -0.39 is 16.3 Å². The van der Waals surface area contributed by atoms with Gasteiger partial charge in [-0.25, -0.2) is 4.39 Å². The minimum Gasteiger partial charge on any atom is -0.322 e. The van der Waals surface area contributed by atoms with Gasteiger partial charge in [0.25, 0.3) is 5.69 Å². The van der Waals surface area contributed by atoms with Crippen LogP contribution in [0.15, 0.2) is 18.2 Å². The maximum Gasteiger partial charge on any atom is 0.274 e. The third-order valence-electron chi connectivity index (χ3n) is 1.85. The van der Waals surface area contributed by atoms with Crippen LogP contribution in [0.3, 0.4) is 0 Å². The van der Waals surface area contributed by atoms with Crippen molar-refractivity contribution in [2.45, 2.75) is 19.4 Å². The number of nitro benzene ring substituents is 1. The lowest BCUT2D eigenvalue weighted by Gasteiger charge is -2.18. The summed E-state index contributed by atoms with van der Waals surface area (Å²) in [6.45, 7) is 3.18. The molecule has 0 bridgehead atoms. The van der Waals surface area contributed by atoms with Crippen LogP contribution in [0.25, 0.3) is 0 Å². The van der Waals surface area contributed by atoms with Crippen LogP contribution in [0.1, 0.15) is 19.4 Å². The molecule has 1 rings (SSSR count). The highest BCUT2D eigenvalue weighted by molar-refractivity contribution is 5.44. The van der Waals surface area contributed by atoms with Crippen LogP contribution in [0.4, 0.5) is 10.1 Å². The Hall–Kier alpha value is -1.49. The minimum absolute atomic E-state index is 0.154. The molecule has 0 unspecified atom stereocenters. The third kappa shape index (κ3) is 2.05. The summed E-state index contributed by atoms with van der Waals surface area (Å²) in [6, 6.07) is 3.27. The van der Waals surface area contributed by atoms with E-state index in [4.69, 9.17) is 5.73 Å². The lowest BCUT2D eigenvalue weighted by molar-refractivity contribution is -0.386. The molecule has 4 nitrogen and oxygen atoms in total. The quantitative estimate of drug-likeness (QED) is 0.583. The standard InChI is InChI=1S/C9H11FN2O2/c1-9(2,11)7-5-6(10)3-4-8(7)12(13)14/h3-5H,11H2,1-2H3. The summed E-state index contributed by atoms with van der Waals surface area (Å²) in [5.41, 5.74) is 4.81. The van der Waals surface area contributed by atoms with Gasteiger partial charge in [-0.15, -0.1) is 0 Å². The third-order valence-corrected chi connectivity index (χ3v) is 1.85. The van der Waals surface area contributed by atoms with E-state index in [0.29, 0.717) is 0 Å². The zero-order chi connectivity index (χ0) is 10.9. The molecule has 0 saturated carbocycles. The van der Waals surface area contributed by atoms with Crippen molar-refractivity contribution in [1.82, 2.24) is 0 Å². The zero-order valence-electron chi connectivity index (χ0n) is 7.95. The molecule has 0 fully saturated rings. The lowest BCUT2D eigenvalue weighted by atomic mass is 9.94. The van der Waals surface area contributed by atoms with Crippen molar-refractivity contribution >= 4 is 5.69 Å². The first kappa shape index (κ1) is 10.6. The molecule has 0 aromatic heterocycles. The van der Waals surface area contributed by atoms with Crippen molar-refractivity contribution < 1.29 is 9.31 Å². The van der Waals surface area contributed by atoms with Gasteiger partial charge in [-0.3, -0.25) is 10.1 Å². The molecule has 0 saturated heterocycles. The summed E-state index contributed by atoms with van der Waals surface area (Å²) in [5.74, 6) is -0.524. The van der Waals surface area contributed by atoms with Gasteiger partial charge in [-0.1, -0.05) is 0 Å². The molecular weight excluding hydrogens is 187 g/mol. The van der Waals surface area contributed by atoms with E-state index >= 15 is 0 Å². The van der Waals surface area contributed by atoms with Crippen LogP contribution < -0.4 is 5.73 Å². The van der Waals surface area contributed by atoms with E-state index in [9.17, 15) is 14.5 Å². The van der Waals surface area contributed by atoms with Crippen molar-refractivity contribution in [3.8, 4) is 0 Å². The molecular formula is C9H11FN2O2. The Balaban J connectivity index is 3.38. The van der Waals surface area contributed by atoms with Crippen LogP contribution in [-0.2, 0) is 5.54 Å². The molecule has 0 heterocycles. The van der Waals surface area contributed by atoms with E-state index in [1.165, 1.54) is 0 Å². The van der Waals surface area contributed by atoms with Crippen LogP contribution >= 0.6 is 0 Å². The van der Waals surface area contributed by atoms with Crippen LogP contribution in [0, 0.1) is 15.9 Å². The molecule has 0 aliphatic heterocycles. The van der Waals surface area contributed by atoms with Gasteiger partial charge in [0.2, 0.25) is 0 Å². The number of rotatable bonds is 2. The van der Waals surface area contributed by atoms with Crippen molar-refractivity contribution in [2.24, 2.45) is 5.73 Å². The Morgan fingerprint density at radius 2 is 2.07 bits per heavy atom. The lowest BCUT2D eigenvalue weighted by Crippen LogP contribution is -2.29. The first-order chi connectivity index (χ1) is 6.32. The van der Waals surface area contributed by atoms with Crippen molar-refractivity contribution in [3.05, 3.63) is 39.7 Å². The van der Waals surface area contributed by atoms with E-state index in [1.807, 2.05) is 0 Å². The summed E-state index contributed by atoms with van der Waals surface area (Å²) in [5, 5.41) is 10.6. The highest BCUT2D eigenvalue weighted by Crippen LogP contribution is 2.28. The Bertz CT molecular complexity index is 372. The Kier molecular flexibility index (Phi) is 2.53. The van der Waals surface area contributed by atoms with Crippen molar-refractivity contribution in [2.75, 3.05) is 0 Å². The van der Waals surface area contributed by atoms with Gasteiger partial charge in [0.1, 0.15) is 5.82 Å². The number of hydrogen-bond acceptors (Lipinski definition) is 3. The van der Waals surface area contributed by atoms with E-state index in [2.05, 4.69) is 0 Å². The zero-order valence-corrected chi connectivity index (χ0v) is 7.95. The molecule has 0 radical (unpaired) electrons. The number of nitrogens with zero attached hydrogens (tertiary/aromatic N) is 1. The molecule has 0 amide bonds. The normalized spacial score (nSPS) is 11.4. The van der Waals surface area contributed by atoms with Gasteiger partial charge in [-0.05, 0) is 26.0 Å². The summed E-state index contributed by atoms with van der Waals surface area (Å²) >= 11 is 0. The van der Waals surface area contributed by atoms with Crippen LogP contribution in [-0.4, -0.2) is 4.92 Å². The molecule has 1 aromatic carbocycles. The fourth-order valence-corrected chi connectivity index (χ4v) is 1.18. The summed E-state index contributed by atoms with van der Waals surface area (Å²) in [6.07, 6.45) is 0. The number of hydrogen-bond donors (Lipinski definition) is 1. The Labute approximate surface area is 80.7 Å². The number of halogens is 1. The maximum atomic E-state index is 12.9. The van der Waals surface area contributed by atoms with E-state index in [-0.39, 0.29) is 11.3 Å². The topological polar surface area (TPSA) is 69.2 Å². The first-order valence-electron chi connectivity index (χ1n) is 4.05. The van der Waals surface area contributed by atoms with Gasteiger partial charge in [0.15, 0.2) is 0 Å². The average molecular weight is 198 g/mol. The second-order valence-electron chi connectivity index (χ2n) is 3.64. The Morgan fingerprint density at radius 1 is 1.50 bits per heavy atom. The van der Waals surface area contributed by atoms with Crippen molar-refractivity contribution in [3.63, 3.8) is 0 Å². The fraction of sp³-hybridized carbons (Fsp3) is 0.333. The van der Waals surface area contributed by atoms with E-state index in [0.717, 1.165) is 18.2 Å². The number of nitrogens with two attached hydrogens (primary N) is 1. The average Bonchev–Trinajstić information content (AvgIpc) is 2.01.